The highest BCUT2D eigenvalue weighted by atomic mass is 16.2. The number of nitrogens with one attached hydrogen (secondary N) is 2. The molecule has 110 valence electrons. The Morgan fingerprint density at radius 2 is 2.24 bits per heavy atom. The van der Waals surface area contributed by atoms with Crippen LogP contribution in [0.3, 0.4) is 0 Å². The molecule has 1 aromatic carbocycles. The van der Waals surface area contributed by atoms with E-state index in [4.69, 9.17) is 0 Å². The molecule has 2 atom stereocenters. The largest absolute Gasteiger partial charge is 0.351 e. The molecule has 1 saturated heterocycles. The molecule has 3 rings (SSSR count). The van der Waals surface area contributed by atoms with Crippen LogP contribution in [0.2, 0.25) is 0 Å². The lowest BCUT2D eigenvalue weighted by Gasteiger charge is -2.14. The van der Waals surface area contributed by atoms with Crippen LogP contribution in [0.4, 0.5) is 0 Å². The second-order valence-corrected chi connectivity index (χ2v) is 5.54. The van der Waals surface area contributed by atoms with Gasteiger partial charge < -0.3 is 10.6 Å². The Kier molecular flexibility index (Phi) is 4.01. The zero-order valence-electron chi connectivity index (χ0n) is 12.1. The lowest BCUT2D eigenvalue weighted by atomic mass is 10.0. The van der Waals surface area contributed by atoms with Crippen LogP contribution in [-0.4, -0.2) is 28.3 Å². The summed E-state index contributed by atoms with van der Waals surface area (Å²) in [5.41, 5.74) is 2.01. The van der Waals surface area contributed by atoms with Gasteiger partial charge in [0, 0.05) is 18.3 Å². The number of nitrogens with zero attached hydrogens (tertiary/aromatic N) is 2. The van der Waals surface area contributed by atoms with E-state index in [2.05, 4.69) is 22.7 Å². The van der Waals surface area contributed by atoms with E-state index in [9.17, 15) is 4.79 Å². The number of rotatable bonds is 4. The Morgan fingerprint density at radius 1 is 1.43 bits per heavy atom. The zero-order chi connectivity index (χ0) is 14.7. The summed E-state index contributed by atoms with van der Waals surface area (Å²) in [5.74, 6) is 0.476. The average Bonchev–Trinajstić information content (AvgIpc) is 3.15. The molecule has 5 heteroatoms. The minimum atomic E-state index is -0.0610. The number of hydrogen-bond acceptors (Lipinski definition) is 3. The summed E-state index contributed by atoms with van der Waals surface area (Å²) in [6, 6.07) is 9.87. The van der Waals surface area contributed by atoms with Crippen LogP contribution >= 0.6 is 0 Å². The predicted octanol–water partition coefficient (Wildman–Crippen LogP) is 1.49. The Balaban J connectivity index is 1.59. The second kappa shape index (κ2) is 6.10. The van der Waals surface area contributed by atoms with Crippen LogP contribution in [0.25, 0.3) is 5.69 Å². The van der Waals surface area contributed by atoms with Gasteiger partial charge in [0.05, 0.1) is 17.9 Å². The molecule has 1 aromatic heterocycles. The zero-order valence-corrected chi connectivity index (χ0v) is 12.1. The first-order valence-electron chi connectivity index (χ1n) is 7.34. The van der Waals surface area contributed by atoms with Crippen molar-refractivity contribution in [3.63, 3.8) is 0 Å². The Hall–Kier alpha value is -2.14. The molecule has 1 aliphatic rings. The van der Waals surface area contributed by atoms with Crippen molar-refractivity contribution in [2.45, 2.75) is 25.9 Å². The minimum Gasteiger partial charge on any atom is -0.351 e. The van der Waals surface area contributed by atoms with E-state index in [1.165, 1.54) is 0 Å². The lowest BCUT2D eigenvalue weighted by molar-refractivity contribution is -0.123. The van der Waals surface area contributed by atoms with E-state index < -0.39 is 0 Å². The smallest absolute Gasteiger partial charge is 0.237 e. The topological polar surface area (TPSA) is 59.0 Å². The highest BCUT2D eigenvalue weighted by Gasteiger charge is 2.28. The Morgan fingerprint density at radius 3 is 2.95 bits per heavy atom. The van der Waals surface area contributed by atoms with Gasteiger partial charge in [-0.1, -0.05) is 25.1 Å². The van der Waals surface area contributed by atoms with Crippen LogP contribution in [0.1, 0.15) is 18.9 Å². The van der Waals surface area contributed by atoms with Gasteiger partial charge in [-0.15, -0.1) is 0 Å². The predicted molar refractivity (Wildman–Crippen MR) is 81.0 cm³/mol. The number of hydrogen-bond donors (Lipinski definition) is 2. The van der Waals surface area contributed by atoms with Crippen LogP contribution < -0.4 is 10.6 Å². The standard InChI is InChI=1S/C16H20N4O/c1-12-7-8-17-15(12)16(21)18-9-13-10-19-20(11-13)14-5-3-2-4-6-14/h2-6,10-12,15,17H,7-9H2,1H3,(H,18,21). The molecule has 1 amide bonds. The highest BCUT2D eigenvalue weighted by molar-refractivity contribution is 5.82. The van der Waals surface area contributed by atoms with Gasteiger partial charge in [0.25, 0.3) is 0 Å². The van der Waals surface area contributed by atoms with Gasteiger partial charge in [-0.2, -0.15) is 5.10 Å². The van der Waals surface area contributed by atoms with Crippen LogP contribution in [0, 0.1) is 5.92 Å². The summed E-state index contributed by atoms with van der Waals surface area (Å²) in [4.78, 5) is 12.1. The van der Waals surface area contributed by atoms with Crippen molar-refractivity contribution < 1.29 is 4.79 Å². The minimum absolute atomic E-state index is 0.0610. The molecule has 0 bridgehead atoms. The summed E-state index contributed by atoms with van der Waals surface area (Å²) in [5, 5.41) is 10.5. The van der Waals surface area contributed by atoms with Gasteiger partial charge in [0.2, 0.25) is 5.91 Å². The van der Waals surface area contributed by atoms with Crippen molar-refractivity contribution in [1.82, 2.24) is 20.4 Å². The van der Waals surface area contributed by atoms with Gasteiger partial charge >= 0.3 is 0 Å². The van der Waals surface area contributed by atoms with Crippen molar-refractivity contribution in [3.8, 4) is 5.69 Å². The molecule has 0 saturated carbocycles. The monoisotopic (exact) mass is 284 g/mol. The lowest BCUT2D eigenvalue weighted by Crippen LogP contribution is -2.42. The van der Waals surface area contributed by atoms with Gasteiger partial charge in [0.15, 0.2) is 0 Å². The summed E-state index contributed by atoms with van der Waals surface area (Å²) in [6.07, 6.45) is 4.80. The fourth-order valence-electron chi connectivity index (χ4n) is 2.66. The maximum absolute atomic E-state index is 12.1. The number of para-hydroxylation sites is 1. The molecule has 1 fully saturated rings. The van der Waals surface area contributed by atoms with E-state index in [0.29, 0.717) is 12.5 Å². The molecule has 0 radical (unpaired) electrons. The first-order chi connectivity index (χ1) is 10.2. The number of amides is 1. The summed E-state index contributed by atoms with van der Waals surface area (Å²) in [6.45, 7) is 3.54. The molecular formula is C16H20N4O. The number of benzene rings is 1. The molecule has 2 aromatic rings. The van der Waals surface area contributed by atoms with Crippen molar-refractivity contribution >= 4 is 5.91 Å². The molecular weight excluding hydrogens is 264 g/mol. The summed E-state index contributed by atoms with van der Waals surface area (Å²) >= 11 is 0. The second-order valence-electron chi connectivity index (χ2n) is 5.54. The van der Waals surface area contributed by atoms with E-state index in [1.54, 1.807) is 6.20 Å². The average molecular weight is 284 g/mol. The first kappa shape index (κ1) is 13.8. The van der Waals surface area contributed by atoms with Crippen molar-refractivity contribution in [2.75, 3.05) is 6.54 Å². The van der Waals surface area contributed by atoms with E-state index in [-0.39, 0.29) is 11.9 Å². The van der Waals surface area contributed by atoms with Crippen LogP contribution in [0.15, 0.2) is 42.7 Å². The van der Waals surface area contributed by atoms with Gasteiger partial charge in [0.1, 0.15) is 0 Å². The molecule has 1 aliphatic heterocycles. The Labute approximate surface area is 124 Å². The third kappa shape index (κ3) is 3.13. The van der Waals surface area contributed by atoms with Gasteiger partial charge in [-0.25, -0.2) is 4.68 Å². The Bertz CT molecular complexity index is 608. The molecule has 5 nitrogen and oxygen atoms in total. The van der Waals surface area contributed by atoms with Crippen LogP contribution in [0.5, 0.6) is 0 Å². The van der Waals surface area contributed by atoms with Crippen molar-refractivity contribution in [2.24, 2.45) is 5.92 Å². The number of carbonyl (C=O) groups is 1. The molecule has 2 unspecified atom stereocenters. The molecule has 0 aliphatic carbocycles. The number of carbonyl (C=O) groups excluding carboxylic acids is 1. The van der Waals surface area contributed by atoms with E-state index in [0.717, 1.165) is 24.2 Å². The van der Waals surface area contributed by atoms with E-state index in [1.807, 2.05) is 41.2 Å². The maximum atomic E-state index is 12.1. The highest BCUT2D eigenvalue weighted by Crippen LogP contribution is 2.14. The van der Waals surface area contributed by atoms with Crippen LogP contribution in [-0.2, 0) is 11.3 Å². The van der Waals surface area contributed by atoms with Gasteiger partial charge in [-0.05, 0) is 31.0 Å². The van der Waals surface area contributed by atoms with E-state index >= 15 is 0 Å². The van der Waals surface area contributed by atoms with Gasteiger partial charge in [-0.3, -0.25) is 4.79 Å². The fraction of sp³-hybridized carbons (Fsp3) is 0.375. The van der Waals surface area contributed by atoms with Crippen molar-refractivity contribution in [3.05, 3.63) is 48.3 Å². The maximum Gasteiger partial charge on any atom is 0.237 e. The fourth-order valence-corrected chi connectivity index (χ4v) is 2.66. The summed E-state index contributed by atoms with van der Waals surface area (Å²) in [7, 11) is 0. The van der Waals surface area contributed by atoms with Crippen molar-refractivity contribution in [1.29, 1.82) is 0 Å². The molecule has 21 heavy (non-hydrogen) atoms. The summed E-state index contributed by atoms with van der Waals surface area (Å²) < 4.78 is 1.82. The number of aromatic nitrogens is 2. The third-order valence-electron chi connectivity index (χ3n) is 3.94. The molecule has 2 heterocycles. The molecule has 0 spiro atoms. The SMILES string of the molecule is CC1CCNC1C(=O)NCc1cnn(-c2ccccc2)c1. The quantitative estimate of drug-likeness (QED) is 0.894. The first-order valence-corrected chi connectivity index (χ1v) is 7.34. The normalized spacial score (nSPS) is 21.4. The molecule has 2 N–H and O–H groups in total. The third-order valence-corrected chi connectivity index (χ3v) is 3.94.